The minimum absolute atomic E-state index is 0.0708. The predicted molar refractivity (Wildman–Crippen MR) is 136 cm³/mol. The molecular formula is C28H38N4O5. The van der Waals surface area contributed by atoms with Gasteiger partial charge in [-0.05, 0) is 68.7 Å². The number of aliphatic hydroxyl groups excluding tert-OH is 1. The van der Waals surface area contributed by atoms with E-state index in [9.17, 15) is 19.5 Å². The highest BCUT2D eigenvalue weighted by molar-refractivity contribution is 5.99. The zero-order valence-electron chi connectivity index (χ0n) is 21.4. The minimum Gasteiger partial charge on any atom is -0.489 e. The summed E-state index contributed by atoms with van der Waals surface area (Å²) in [5.41, 5.74) is 1.54. The molecule has 5 aliphatic rings. The molecule has 4 fully saturated rings. The van der Waals surface area contributed by atoms with Gasteiger partial charge in [0.15, 0.2) is 0 Å². The molecule has 2 N–H and O–H groups in total. The van der Waals surface area contributed by atoms with E-state index in [-0.39, 0.29) is 23.8 Å². The third-order valence-corrected chi connectivity index (χ3v) is 9.00. The molecule has 37 heavy (non-hydrogen) atoms. The molecule has 0 spiro atoms. The van der Waals surface area contributed by atoms with Crippen LogP contribution >= 0.6 is 0 Å². The number of rotatable bonds is 5. The number of hydrogen-bond acceptors (Lipinski definition) is 6. The number of nitrogens with one attached hydrogen (secondary N) is 1. The van der Waals surface area contributed by atoms with E-state index in [1.54, 1.807) is 4.90 Å². The molecule has 1 aromatic rings. The van der Waals surface area contributed by atoms with Crippen molar-refractivity contribution in [2.45, 2.75) is 88.7 Å². The van der Waals surface area contributed by atoms with Crippen LogP contribution < -0.4 is 10.1 Å². The van der Waals surface area contributed by atoms with Crippen LogP contribution in [0.2, 0.25) is 0 Å². The molecule has 3 amide bonds. The number of carbonyl (C=O) groups excluding carboxylic acids is 3. The zero-order chi connectivity index (χ0) is 25.5. The summed E-state index contributed by atoms with van der Waals surface area (Å²) in [6, 6.07) is 5.56. The smallest absolute Gasteiger partial charge is 0.254 e. The minimum atomic E-state index is -1.04. The maximum absolute atomic E-state index is 13.0. The van der Waals surface area contributed by atoms with E-state index in [4.69, 9.17) is 4.74 Å². The van der Waals surface area contributed by atoms with Gasteiger partial charge >= 0.3 is 0 Å². The molecule has 1 aromatic carbocycles. The first kappa shape index (κ1) is 24.7. The molecule has 9 nitrogen and oxygen atoms in total. The Morgan fingerprint density at radius 2 is 1.76 bits per heavy atom. The lowest BCUT2D eigenvalue weighted by Crippen LogP contribution is -2.61. The van der Waals surface area contributed by atoms with Crippen molar-refractivity contribution in [3.8, 4) is 5.75 Å². The first-order valence-corrected chi connectivity index (χ1v) is 14.1. The second-order valence-corrected chi connectivity index (χ2v) is 11.4. The second-order valence-electron chi connectivity index (χ2n) is 11.4. The second kappa shape index (κ2) is 10.3. The lowest BCUT2D eigenvalue weighted by molar-refractivity contribution is -0.145. The Morgan fingerprint density at radius 1 is 0.973 bits per heavy atom. The number of likely N-dealkylation sites (tertiary alicyclic amines) is 2. The van der Waals surface area contributed by atoms with Crippen LogP contribution in [-0.4, -0.2) is 88.1 Å². The Hall–Kier alpha value is -2.65. The molecule has 6 rings (SSSR count). The van der Waals surface area contributed by atoms with Gasteiger partial charge < -0.3 is 25.0 Å². The lowest BCUT2D eigenvalue weighted by Gasteiger charge is -2.48. The molecule has 4 atom stereocenters. The van der Waals surface area contributed by atoms with E-state index >= 15 is 0 Å². The van der Waals surface area contributed by atoms with Crippen LogP contribution in [0.5, 0.6) is 5.75 Å². The van der Waals surface area contributed by atoms with E-state index in [2.05, 4.69) is 15.1 Å². The third-order valence-electron chi connectivity index (χ3n) is 9.00. The normalized spacial score (nSPS) is 31.1. The monoisotopic (exact) mass is 510 g/mol. The summed E-state index contributed by atoms with van der Waals surface area (Å²) in [6.45, 7) is 3.89. The number of hydrogen-bond donors (Lipinski definition) is 2. The maximum Gasteiger partial charge on any atom is 0.254 e. The van der Waals surface area contributed by atoms with Crippen LogP contribution in [0.4, 0.5) is 0 Å². The average molecular weight is 511 g/mol. The third kappa shape index (κ3) is 4.83. The molecule has 0 aromatic heterocycles. The standard InChI is InChI=1S/C28H38N4O5/c33-25-11-10-23(26(34)29-25)32-17-18-14-20(8-9-21(18)28(32)36)37-24-7-3-2-6-22(24)31-15-19(16-31)27(35)30-12-4-1-5-13-30/h8-9,14,19,22-24,26,34H,1-7,10-13,15-17H2,(H,29,33). The van der Waals surface area contributed by atoms with Crippen LogP contribution in [0, 0.1) is 5.92 Å². The fourth-order valence-corrected chi connectivity index (χ4v) is 6.88. The van der Waals surface area contributed by atoms with Crippen molar-refractivity contribution >= 4 is 17.7 Å². The number of fused-ring (bicyclic) bond motifs is 1. The average Bonchev–Trinajstić information content (AvgIpc) is 3.20. The van der Waals surface area contributed by atoms with Crippen molar-refractivity contribution in [2.24, 2.45) is 5.92 Å². The number of benzene rings is 1. The van der Waals surface area contributed by atoms with Gasteiger partial charge in [-0.2, -0.15) is 0 Å². The molecule has 3 saturated heterocycles. The van der Waals surface area contributed by atoms with Crippen LogP contribution in [0.1, 0.15) is 73.7 Å². The summed E-state index contributed by atoms with van der Waals surface area (Å²) in [7, 11) is 0. The molecule has 9 heteroatoms. The molecule has 4 unspecified atom stereocenters. The van der Waals surface area contributed by atoms with Crippen molar-refractivity contribution in [3.05, 3.63) is 29.3 Å². The quantitative estimate of drug-likeness (QED) is 0.627. The molecular weight excluding hydrogens is 472 g/mol. The highest BCUT2D eigenvalue weighted by Gasteiger charge is 2.43. The van der Waals surface area contributed by atoms with Gasteiger partial charge in [-0.15, -0.1) is 0 Å². The summed E-state index contributed by atoms with van der Waals surface area (Å²) in [4.78, 5) is 43.7. The van der Waals surface area contributed by atoms with Gasteiger partial charge in [0.25, 0.3) is 5.91 Å². The number of amides is 3. The fraction of sp³-hybridized carbons (Fsp3) is 0.679. The highest BCUT2D eigenvalue weighted by Crippen LogP contribution is 2.35. The van der Waals surface area contributed by atoms with Crippen molar-refractivity contribution in [2.75, 3.05) is 26.2 Å². The highest BCUT2D eigenvalue weighted by atomic mass is 16.5. The number of nitrogens with zero attached hydrogens (tertiary/aromatic N) is 3. The molecule has 0 radical (unpaired) electrons. The number of carbonyl (C=O) groups is 3. The van der Waals surface area contributed by atoms with E-state index in [0.29, 0.717) is 36.9 Å². The summed E-state index contributed by atoms with van der Waals surface area (Å²) in [5, 5.41) is 12.9. The van der Waals surface area contributed by atoms with E-state index in [1.807, 2.05) is 18.2 Å². The summed E-state index contributed by atoms with van der Waals surface area (Å²) in [6.07, 6.45) is 7.66. The van der Waals surface area contributed by atoms with Crippen molar-refractivity contribution in [1.29, 1.82) is 0 Å². The van der Waals surface area contributed by atoms with Crippen LogP contribution in [0.15, 0.2) is 18.2 Å². The van der Waals surface area contributed by atoms with Crippen LogP contribution in [0.3, 0.4) is 0 Å². The van der Waals surface area contributed by atoms with Gasteiger partial charge in [0.05, 0.1) is 12.0 Å². The Morgan fingerprint density at radius 3 is 2.54 bits per heavy atom. The summed E-state index contributed by atoms with van der Waals surface area (Å²) < 4.78 is 6.54. The summed E-state index contributed by atoms with van der Waals surface area (Å²) in [5.74, 6) is 0.930. The Balaban J connectivity index is 1.08. The maximum atomic E-state index is 13.0. The van der Waals surface area contributed by atoms with Crippen LogP contribution in [-0.2, 0) is 16.1 Å². The summed E-state index contributed by atoms with van der Waals surface area (Å²) >= 11 is 0. The number of ether oxygens (including phenoxy) is 1. The van der Waals surface area contributed by atoms with Gasteiger partial charge in [-0.1, -0.05) is 6.42 Å². The molecule has 4 heterocycles. The van der Waals surface area contributed by atoms with Crippen molar-refractivity contribution < 1.29 is 24.2 Å². The first-order valence-electron chi connectivity index (χ1n) is 14.1. The number of piperidine rings is 2. The number of aliphatic hydroxyl groups is 1. The topological polar surface area (TPSA) is 102 Å². The SMILES string of the molecule is O=C1CCC(N2Cc3cc(OC4CCCCC4N4CC(C(=O)N5CCCCC5)C4)ccc3C2=O)C(O)N1. The van der Waals surface area contributed by atoms with E-state index in [1.165, 1.54) is 12.8 Å². The molecule has 200 valence electrons. The molecule has 0 bridgehead atoms. The first-order chi connectivity index (χ1) is 18.0. The molecule has 4 aliphatic heterocycles. The van der Waals surface area contributed by atoms with Gasteiger partial charge in [0.2, 0.25) is 11.8 Å². The van der Waals surface area contributed by atoms with Crippen molar-refractivity contribution in [3.63, 3.8) is 0 Å². The predicted octanol–water partition coefficient (Wildman–Crippen LogP) is 1.87. The largest absolute Gasteiger partial charge is 0.489 e. The molecule has 1 saturated carbocycles. The van der Waals surface area contributed by atoms with Gasteiger partial charge in [-0.3, -0.25) is 19.3 Å². The van der Waals surface area contributed by atoms with E-state index in [0.717, 1.165) is 69.6 Å². The zero-order valence-corrected chi connectivity index (χ0v) is 21.4. The van der Waals surface area contributed by atoms with Crippen molar-refractivity contribution in [1.82, 2.24) is 20.0 Å². The Labute approximate surface area is 218 Å². The van der Waals surface area contributed by atoms with Gasteiger partial charge in [0.1, 0.15) is 18.1 Å². The van der Waals surface area contributed by atoms with Gasteiger partial charge in [0, 0.05) is 50.7 Å². The van der Waals surface area contributed by atoms with E-state index < -0.39 is 12.3 Å². The van der Waals surface area contributed by atoms with Gasteiger partial charge in [-0.25, -0.2) is 0 Å². The fourth-order valence-electron chi connectivity index (χ4n) is 6.88. The molecule has 1 aliphatic carbocycles. The van der Waals surface area contributed by atoms with Crippen LogP contribution in [0.25, 0.3) is 0 Å². The Kier molecular flexibility index (Phi) is 6.84. The lowest BCUT2D eigenvalue weighted by atomic mass is 9.86. The Bertz CT molecular complexity index is 1050.